The highest BCUT2D eigenvalue weighted by Gasteiger charge is 2.62. The van der Waals surface area contributed by atoms with Crippen molar-refractivity contribution >= 4 is 24.3 Å². The summed E-state index contributed by atoms with van der Waals surface area (Å²) < 4.78 is 77.6. The van der Waals surface area contributed by atoms with Gasteiger partial charge in [-0.1, -0.05) is 0 Å². The molecule has 3 aromatic rings. The zero-order chi connectivity index (χ0) is 29.1. The SMILES string of the molecule is COc1ccc(OP(=S)(OC[C@@]2(C(F)F)O[C@@H](n3ccc(N)nc3=O)[C@H](O)[C@@H]2F)Oc2ccc(OC)cc2)cc1. The van der Waals surface area contributed by atoms with E-state index in [9.17, 15) is 18.7 Å². The molecule has 1 aromatic heterocycles. The topological polar surface area (TPSA) is 137 Å². The first-order valence-corrected chi connectivity index (χ1v) is 14.1. The summed E-state index contributed by atoms with van der Waals surface area (Å²) in [4.78, 5) is 15.7. The average Bonchev–Trinajstić information content (AvgIpc) is 3.19. The third kappa shape index (κ3) is 6.18. The van der Waals surface area contributed by atoms with Crippen LogP contribution >= 0.6 is 6.72 Å². The molecule has 1 aliphatic heterocycles. The van der Waals surface area contributed by atoms with Gasteiger partial charge >= 0.3 is 12.4 Å². The minimum Gasteiger partial charge on any atom is -0.497 e. The van der Waals surface area contributed by atoms with Gasteiger partial charge in [-0.05, 0) is 54.6 Å². The molecule has 40 heavy (non-hydrogen) atoms. The number of nitrogen functional groups attached to an aromatic ring is 1. The highest BCUT2D eigenvalue weighted by Crippen LogP contribution is 2.53. The Morgan fingerprint density at radius 2 is 1.55 bits per heavy atom. The Bertz CT molecular complexity index is 1360. The lowest BCUT2D eigenvalue weighted by Crippen LogP contribution is -2.50. The molecule has 2 aromatic carbocycles. The third-order valence-corrected chi connectivity index (χ3v) is 7.97. The van der Waals surface area contributed by atoms with E-state index in [1.165, 1.54) is 38.5 Å². The number of nitrogens with zero attached hydrogens (tertiary/aromatic N) is 2. The Morgan fingerprint density at radius 3 is 2.00 bits per heavy atom. The average molecular weight is 604 g/mol. The van der Waals surface area contributed by atoms with E-state index in [1.807, 2.05) is 0 Å². The number of rotatable bonds is 11. The monoisotopic (exact) mass is 603 g/mol. The van der Waals surface area contributed by atoms with E-state index in [0.717, 1.165) is 12.3 Å². The summed E-state index contributed by atoms with van der Waals surface area (Å²) in [5.41, 5.74) is 1.36. The zero-order valence-corrected chi connectivity index (χ0v) is 22.8. The molecule has 4 rings (SSSR count). The van der Waals surface area contributed by atoms with Gasteiger partial charge in [-0.15, -0.1) is 0 Å². The molecule has 0 radical (unpaired) electrons. The van der Waals surface area contributed by atoms with Crippen molar-refractivity contribution in [3.8, 4) is 23.0 Å². The lowest BCUT2D eigenvalue weighted by molar-refractivity contribution is -0.183. The number of aromatic nitrogens is 2. The van der Waals surface area contributed by atoms with Crippen molar-refractivity contribution in [2.24, 2.45) is 0 Å². The van der Waals surface area contributed by atoms with Gasteiger partial charge in [0, 0.05) is 18.0 Å². The van der Waals surface area contributed by atoms with Crippen molar-refractivity contribution in [1.29, 1.82) is 0 Å². The maximum absolute atomic E-state index is 15.4. The molecule has 1 aliphatic rings. The Hall–Kier alpha value is -3.36. The van der Waals surface area contributed by atoms with Crippen LogP contribution in [0.25, 0.3) is 0 Å². The van der Waals surface area contributed by atoms with E-state index in [1.54, 1.807) is 24.3 Å². The smallest absolute Gasteiger partial charge is 0.435 e. The molecular weight excluding hydrogens is 578 g/mol. The van der Waals surface area contributed by atoms with Crippen LogP contribution in [0, 0.1) is 0 Å². The van der Waals surface area contributed by atoms with E-state index in [-0.39, 0.29) is 17.3 Å². The van der Waals surface area contributed by atoms with Crippen molar-refractivity contribution in [1.82, 2.24) is 9.55 Å². The van der Waals surface area contributed by atoms with Crippen LogP contribution in [0.5, 0.6) is 23.0 Å². The van der Waals surface area contributed by atoms with Gasteiger partial charge in [-0.25, -0.2) is 18.0 Å². The van der Waals surface area contributed by atoms with Gasteiger partial charge in [0.05, 0.1) is 20.8 Å². The number of ether oxygens (including phenoxy) is 3. The first kappa shape index (κ1) is 29.6. The molecule has 0 aliphatic carbocycles. The number of hydrogen-bond donors (Lipinski definition) is 2. The van der Waals surface area contributed by atoms with Crippen LogP contribution in [0.4, 0.5) is 19.0 Å². The number of anilines is 1. The molecule has 16 heteroatoms. The molecule has 2 heterocycles. The van der Waals surface area contributed by atoms with Gasteiger partial charge in [0.1, 0.15) is 34.9 Å². The number of nitrogens with two attached hydrogens (primary N) is 1. The third-order valence-electron chi connectivity index (χ3n) is 5.90. The maximum Gasteiger partial charge on any atom is 0.435 e. The standard InChI is InChI=1S/C24H25F3N3O8PS/c1-33-14-3-7-16(8-4-14)37-39(40,38-17-9-5-15(34-2)6-10-17)35-13-24(22(26)27)20(25)19(31)21(36-24)30-12-11-18(28)29-23(30)32/h3-12,19-22,31H,13H2,1-2H3,(H2,28,29,32)/t19-,20+,21-,24-/m1/s1. The highest BCUT2D eigenvalue weighted by atomic mass is 32.5. The molecule has 0 saturated carbocycles. The summed E-state index contributed by atoms with van der Waals surface area (Å²) in [5, 5.41) is 10.5. The molecule has 1 saturated heterocycles. The maximum atomic E-state index is 15.4. The molecule has 1 fully saturated rings. The number of alkyl halides is 3. The predicted octanol–water partition coefficient (Wildman–Crippen LogP) is 3.47. The normalized spacial score (nSPS) is 22.7. The summed E-state index contributed by atoms with van der Waals surface area (Å²) in [6.07, 6.45) is -9.27. The summed E-state index contributed by atoms with van der Waals surface area (Å²) in [6.45, 7) is -5.21. The molecule has 0 unspecified atom stereocenters. The fourth-order valence-electron chi connectivity index (χ4n) is 3.77. The van der Waals surface area contributed by atoms with Crippen molar-refractivity contribution in [3.63, 3.8) is 0 Å². The molecular formula is C24H25F3N3O8PS. The van der Waals surface area contributed by atoms with Crippen molar-refractivity contribution < 1.29 is 46.1 Å². The van der Waals surface area contributed by atoms with Crippen LogP contribution in [0.2, 0.25) is 0 Å². The Labute approximate surface area is 231 Å². The molecule has 11 nitrogen and oxygen atoms in total. The summed E-state index contributed by atoms with van der Waals surface area (Å²) in [7, 11) is 2.93. The minimum absolute atomic E-state index is 0.144. The van der Waals surface area contributed by atoms with Gasteiger partial charge in [0.2, 0.25) is 0 Å². The van der Waals surface area contributed by atoms with Crippen LogP contribution in [0.1, 0.15) is 6.23 Å². The van der Waals surface area contributed by atoms with Gasteiger partial charge in [0.15, 0.2) is 18.0 Å². The molecule has 3 N–H and O–H groups in total. The van der Waals surface area contributed by atoms with Crippen molar-refractivity contribution in [3.05, 3.63) is 71.3 Å². The number of aliphatic hydroxyl groups excluding tert-OH is 1. The number of methoxy groups -OCH3 is 2. The lowest BCUT2D eigenvalue weighted by Gasteiger charge is -2.32. The van der Waals surface area contributed by atoms with E-state index in [4.69, 9.17) is 45.3 Å². The van der Waals surface area contributed by atoms with Crippen LogP contribution in [-0.4, -0.2) is 59.8 Å². The first-order valence-electron chi connectivity index (χ1n) is 11.5. The second-order valence-electron chi connectivity index (χ2n) is 8.45. The quantitative estimate of drug-likeness (QED) is 0.312. The van der Waals surface area contributed by atoms with E-state index >= 15 is 4.39 Å². The van der Waals surface area contributed by atoms with Crippen LogP contribution in [0.3, 0.4) is 0 Å². The van der Waals surface area contributed by atoms with Gasteiger partial charge in [0.25, 0.3) is 6.43 Å². The first-order chi connectivity index (χ1) is 19.0. The fourth-order valence-corrected chi connectivity index (χ4v) is 5.70. The van der Waals surface area contributed by atoms with Crippen LogP contribution in [0.15, 0.2) is 65.6 Å². The fraction of sp³-hybridized carbons (Fsp3) is 0.333. The Morgan fingerprint density at radius 1 is 1.05 bits per heavy atom. The number of benzene rings is 2. The predicted molar refractivity (Wildman–Crippen MR) is 140 cm³/mol. The van der Waals surface area contributed by atoms with Crippen LogP contribution in [-0.2, 0) is 21.1 Å². The van der Waals surface area contributed by atoms with Gasteiger partial charge in [-0.3, -0.25) is 9.09 Å². The number of halogens is 3. The van der Waals surface area contributed by atoms with E-state index in [2.05, 4.69) is 4.98 Å². The molecule has 0 amide bonds. The number of hydrogen-bond acceptors (Lipinski definition) is 11. The Balaban J connectivity index is 1.64. The zero-order valence-electron chi connectivity index (χ0n) is 21.1. The molecule has 0 bridgehead atoms. The molecule has 216 valence electrons. The van der Waals surface area contributed by atoms with Crippen molar-refractivity contribution in [2.45, 2.75) is 30.5 Å². The minimum atomic E-state index is -4.01. The highest BCUT2D eigenvalue weighted by molar-refractivity contribution is 8.07. The van der Waals surface area contributed by atoms with Gasteiger partial charge in [-0.2, -0.15) is 4.98 Å². The Kier molecular flexibility index (Phi) is 8.90. The largest absolute Gasteiger partial charge is 0.497 e. The second-order valence-corrected chi connectivity index (χ2v) is 11.3. The molecule has 4 atom stereocenters. The lowest BCUT2D eigenvalue weighted by atomic mass is 9.98. The van der Waals surface area contributed by atoms with E-state index < -0.39 is 49.5 Å². The second kappa shape index (κ2) is 12.0. The van der Waals surface area contributed by atoms with Gasteiger partial charge < -0.3 is 34.1 Å². The summed E-state index contributed by atoms with van der Waals surface area (Å²) >= 11 is 5.50. The number of aliphatic hydroxyl groups is 1. The van der Waals surface area contributed by atoms with E-state index in [0.29, 0.717) is 16.1 Å². The molecule has 0 spiro atoms. The van der Waals surface area contributed by atoms with Crippen LogP contribution < -0.4 is 29.9 Å². The summed E-state index contributed by atoms with van der Waals surface area (Å²) in [6, 6.07) is 13.3. The summed E-state index contributed by atoms with van der Waals surface area (Å²) in [5.74, 6) is 1.12. The van der Waals surface area contributed by atoms with Crippen molar-refractivity contribution in [2.75, 3.05) is 26.6 Å².